The molecule has 0 N–H and O–H groups in total. The Hall–Kier alpha value is -0.590. The van der Waals surface area contributed by atoms with Crippen molar-refractivity contribution >= 4 is 0 Å². The zero-order valence-corrected chi connectivity index (χ0v) is 7.67. The Bertz CT molecular complexity index is 176. The van der Waals surface area contributed by atoms with Gasteiger partial charge in [-0.1, -0.05) is 6.92 Å². The summed E-state index contributed by atoms with van der Waals surface area (Å²) in [6.07, 6.45) is 0.659. The van der Waals surface area contributed by atoms with Crippen molar-refractivity contribution < 1.29 is 9.47 Å². The van der Waals surface area contributed by atoms with Crippen LogP contribution in [0.15, 0.2) is 0 Å². The summed E-state index contributed by atoms with van der Waals surface area (Å²) in [6, 6.07) is 2.19. The average Bonchev–Trinajstić information content (AvgIpc) is 2.02. The van der Waals surface area contributed by atoms with E-state index in [2.05, 4.69) is 13.0 Å². The van der Waals surface area contributed by atoms with Crippen LogP contribution in [0.3, 0.4) is 0 Å². The predicted molar refractivity (Wildman–Crippen MR) is 44.6 cm³/mol. The van der Waals surface area contributed by atoms with Gasteiger partial charge in [-0.3, -0.25) is 0 Å². The first-order valence-electron chi connectivity index (χ1n) is 4.38. The van der Waals surface area contributed by atoms with Crippen LogP contribution in [0, 0.1) is 16.7 Å². The Labute approximate surface area is 73.3 Å². The molecule has 1 saturated heterocycles. The van der Waals surface area contributed by atoms with Crippen molar-refractivity contribution in [2.75, 3.05) is 19.8 Å². The van der Waals surface area contributed by atoms with Gasteiger partial charge in [-0.2, -0.15) is 5.26 Å². The minimum Gasteiger partial charge on any atom is -0.380 e. The van der Waals surface area contributed by atoms with Gasteiger partial charge in [0.25, 0.3) is 0 Å². The molecular formula is C9H15NO2. The third kappa shape index (κ3) is 1.45. The fraction of sp³-hybridized carbons (Fsp3) is 0.889. The van der Waals surface area contributed by atoms with Gasteiger partial charge in [-0.15, -0.1) is 0 Å². The van der Waals surface area contributed by atoms with E-state index in [0.29, 0.717) is 19.8 Å². The molecule has 1 rings (SSSR count). The van der Waals surface area contributed by atoms with Gasteiger partial charge >= 0.3 is 0 Å². The molecule has 1 heterocycles. The van der Waals surface area contributed by atoms with Crippen molar-refractivity contribution in [3.05, 3.63) is 0 Å². The number of ether oxygens (including phenoxy) is 2. The number of hydrogen-bond donors (Lipinski definition) is 0. The maximum absolute atomic E-state index is 8.86. The summed E-state index contributed by atoms with van der Waals surface area (Å²) in [6.45, 7) is 5.92. The zero-order chi connectivity index (χ0) is 9.03. The first-order chi connectivity index (χ1) is 5.79. The van der Waals surface area contributed by atoms with Gasteiger partial charge in [0.2, 0.25) is 0 Å². The highest BCUT2D eigenvalue weighted by molar-refractivity contribution is 5.02. The highest BCUT2D eigenvalue weighted by atomic mass is 16.5. The normalized spacial score (nSPS) is 22.4. The van der Waals surface area contributed by atoms with Crippen molar-refractivity contribution in [3.63, 3.8) is 0 Å². The second-order valence-electron chi connectivity index (χ2n) is 3.17. The van der Waals surface area contributed by atoms with E-state index >= 15 is 0 Å². The molecular weight excluding hydrogens is 154 g/mol. The summed E-state index contributed by atoms with van der Waals surface area (Å²) in [4.78, 5) is 0. The molecule has 1 aliphatic rings. The lowest BCUT2D eigenvalue weighted by Gasteiger charge is -2.43. The van der Waals surface area contributed by atoms with Crippen molar-refractivity contribution in [3.8, 4) is 6.07 Å². The molecule has 1 fully saturated rings. The predicted octanol–water partition coefficient (Wildman–Crippen LogP) is 1.34. The molecule has 0 spiro atoms. The molecule has 0 aromatic heterocycles. The fourth-order valence-corrected chi connectivity index (χ4v) is 1.42. The minimum atomic E-state index is -0.291. The van der Waals surface area contributed by atoms with Crippen LogP contribution in [0.2, 0.25) is 0 Å². The van der Waals surface area contributed by atoms with Crippen LogP contribution in [0.4, 0.5) is 0 Å². The molecule has 0 aromatic rings. The molecule has 1 aliphatic heterocycles. The molecule has 0 amide bonds. The number of hydrogen-bond acceptors (Lipinski definition) is 3. The lowest BCUT2D eigenvalue weighted by Crippen LogP contribution is -2.51. The summed E-state index contributed by atoms with van der Waals surface area (Å²) in [5.41, 5.74) is -0.0231. The Morgan fingerprint density at radius 1 is 1.58 bits per heavy atom. The topological polar surface area (TPSA) is 42.2 Å². The summed E-state index contributed by atoms with van der Waals surface area (Å²) in [5, 5.41) is 8.86. The third-order valence-corrected chi connectivity index (χ3v) is 2.49. The molecule has 0 bridgehead atoms. The van der Waals surface area contributed by atoms with Crippen molar-refractivity contribution in [2.24, 2.45) is 5.41 Å². The highest BCUT2D eigenvalue weighted by Gasteiger charge is 2.45. The van der Waals surface area contributed by atoms with Gasteiger partial charge in [0.15, 0.2) is 6.10 Å². The quantitative estimate of drug-likeness (QED) is 0.637. The second kappa shape index (κ2) is 3.88. The lowest BCUT2D eigenvalue weighted by atomic mass is 9.78. The second-order valence-corrected chi connectivity index (χ2v) is 3.17. The Morgan fingerprint density at radius 3 is 2.50 bits per heavy atom. The molecule has 1 atom stereocenters. The molecule has 68 valence electrons. The van der Waals surface area contributed by atoms with E-state index in [0.717, 1.165) is 6.42 Å². The third-order valence-electron chi connectivity index (χ3n) is 2.49. The van der Waals surface area contributed by atoms with Crippen molar-refractivity contribution in [2.45, 2.75) is 26.4 Å². The molecule has 0 aliphatic carbocycles. The van der Waals surface area contributed by atoms with Crippen LogP contribution in [-0.4, -0.2) is 25.9 Å². The minimum absolute atomic E-state index is 0.0231. The first kappa shape index (κ1) is 9.50. The molecule has 3 heteroatoms. The van der Waals surface area contributed by atoms with Gasteiger partial charge in [0, 0.05) is 6.61 Å². The van der Waals surface area contributed by atoms with Gasteiger partial charge < -0.3 is 9.47 Å². The van der Waals surface area contributed by atoms with Crippen LogP contribution in [0.1, 0.15) is 20.3 Å². The van der Waals surface area contributed by atoms with Gasteiger partial charge in [-0.05, 0) is 13.3 Å². The number of rotatable bonds is 4. The number of nitriles is 1. The molecule has 0 aromatic carbocycles. The summed E-state index contributed by atoms with van der Waals surface area (Å²) < 4.78 is 10.5. The molecule has 0 radical (unpaired) electrons. The Kier molecular flexibility index (Phi) is 3.07. The fourth-order valence-electron chi connectivity index (χ4n) is 1.42. The van der Waals surface area contributed by atoms with Crippen LogP contribution < -0.4 is 0 Å². The largest absolute Gasteiger partial charge is 0.380 e. The van der Waals surface area contributed by atoms with Gasteiger partial charge in [0.1, 0.15) is 0 Å². The summed E-state index contributed by atoms with van der Waals surface area (Å²) in [5.74, 6) is 0. The Balaban J connectivity index is 2.57. The highest BCUT2D eigenvalue weighted by Crippen LogP contribution is 2.36. The maximum atomic E-state index is 8.86. The summed E-state index contributed by atoms with van der Waals surface area (Å²) >= 11 is 0. The molecule has 12 heavy (non-hydrogen) atoms. The molecule has 0 saturated carbocycles. The monoisotopic (exact) mass is 169 g/mol. The van der Waals surface area contributed by atoms with E-state index in [1.165, 1.54) is 0 Å². The SMILES string of the molecule is CCOC(C#N)C1(CC)COC1. The van der Waals surface area contributed by atoms with Gasteiger partial charge in [0.05, 0.1) is 24.7 Å². The van der Waals surface area contributed by atoms with E-state index in [9.17, 15) is 0 Å². The maximum Gasteiger partial charge on any atom is 0.153 e. The lowest BCUT2D eigenvalue weighted by molar-refractivity contribution is -0.171. The van der Waals surface area contributed by atoms with E-state index in [1.54, 1.807) is 0 Å². The van der Waals surface area contributed by atoms with Gasteiger partial charge in [-0.25, -0.2) is 0 Å². The van der Waals surface area contributed by atoms with Crippen LogP contribution >= 0.6 is 0 Å². The van der Waals surface area contributed by atoms with E-state index < -0.39 is 0 Å². The zero-order valence-electron chi connectivity index (χ0n) is 7.67. The van der Waals surface area contributed by atoms with Crippen LogP contribution in [0.5, 0.6) is 0 Å². The smallest absolute Gasteiger partial charge is 0.153 e. The average molecular weight is 169 g/mol. The van der Waals surface area contributed by atoms with E-state index in [4.69, 9.17) is 14.7 Å². The first-order valence-corrected chi connectivity index (χ1v) is 4.38. The summed E-state index contributed by atoms with van der Waals surface area (Å²) in [7, 11) is 0. The van der Waals surface area contributed by atoms with E-state index in [1.807, 2.05) is 6.92 Å². The van der Waals surface area contributed by atoms with E-state index in [-0.39, 0.29) is 11.5 Å². The molecule has 1 unspecified atom stereocenters. The van der Waals surface area contributed by atoms with Crippen LogP contribution in [-0.2, 0) is 9.47 Å². The molecule has 3 nitrogen and oxygen atoms in total. The Morgan fingerprint density at radius 2 is 2.25 bits per heavy atom. The van der Waals surface area contributed by atoms with Crippen LogP contribution in [0.25, 0.3) is 0 Å². The number of nitrogens with zero attached hydrogens (tertiary/aromatic N) is 1. The van der Waals surface area contributed by atoms with Crippen molar-refractivity contribution in [1.82, 2.24) is 0 Å². The standard InChI is InChI=1S/C9H15NO2/c1-3-9(6-11-7-9)8(5-10)12-4-2/h8H,3-4,6-7H2,1-2H3. The van der Waals surface area contributed by atoms with Crippen molar-refractivity contribution in [1.29, 1.82) is 5.26 Å².